The van der Waals surface area contributed by atoms with E-state index in [1.807, 2.05) is 94.9 Å². The Hall–Kier alpha value is -3.76. The highest BCUT2D eigenvalue weighted by atomic mass is 32.1. The minimum Gasteiger partial charge on any atom is -0.290 e. The molecule has 0 amide bonds. The van der Waals surface area contributed by atoms with Crippen LogP contribution in [0.4, 0.5) is 0 Å². The second-order valence-electron chi connectivity index (χ2n) is 6.91. The lowest BCUT2D eigenvalue weighted by Crippen LogP contribution is -1.94. The van der Waals surface area contributed by atoms with Gasteiger partial charge in [0, 0.05) is 22.7 Å². The summed E-state index contributed by atoms with van der Waals surface area (Å²) >= 11 is 1.58. The fourth-order valence-corrected chi connectivity index (χ4v) is 4.20. The number of aromatic nitrogens is 2. The van der Waals surface area contributed by atoms with Crippen molar-refractivity contribution in [2.24, 2.45) is 0 Å². The lowest BCUT2D eigenvalue weighted by atomic mass is 10.0. The van der Waals surface area contributed by atoms with Crippen LogP contribution in [0.1, 0.15) is 16.1 Å². The quantitative estimate of drug-likeness (QED) is 0.243. The van der Waals surface area contributed by atoms with Crippen LogP contribution in [0.2, 0.25) is 0 Å². The number of rotatable bonds is 5. The summed E-state index contributed by atoms with van der Waals surface area (Å²) < 4.78 is 2.02. The summed E-state index contributed by atoms with van der Waals surface area (Å²) in [5, 5.41) is 2.00. The number of hydrogen-bond acceptors (Lipinski definition) is 3. The van der Waals surface area contributed by atoms with Gasteiger partial charge in [0.1, 0.15) is 0 Å². The van der Waals surface area contributed by atoms with Gasteiger partial charge in [-0.2, -0.15) is 0 Å². The molecule has 0 atom stereocenters. The van der Waals surface area contributed by atoms with Crippen molar-refractivity contribution in [2.45, 2.75) is 0 Å². The Balaban J connectivity index is 1.45. The van der Waals surface area contributed by atoms with Crippen LogP contribution < -0.4 is 0 Å². The first-order valence-electron chi connectivity index (χ1n) is 9.68. The zero-order chi connectivity index (χ0) is 20.3. The normalized spacial score (nSPS) is 11.3. The maximum absolute atomic E-state index is 12.8. The van der Waals surface area contributed by atoms with E-state index in [1.54, 1.807) is 17.4 Å². The fraction of sp³-hybridized carbons (Fsp3) is 0. The van der Waals surface area contributed by atoms with E-state index in [4.69, 9.17) is 4.98 Å². The van der Waals surface area contributed by atoms with Gasteiger partial charge in [-0.1, -0.05) is 84.9 Å². The molecule has 0 aliphatic heterocycles. The van der Waals surface area contributed by atoms with Gasteiger partial charge in [-0.15, -0.1) is 11.3 Å². The van der Waals surface area contributed by atoms with Crippen molar-refractivity contribution in [3.63, 3.8) is 0 Å². The number of ketones is 1. The van der Waals surface area contributed by atoms with Crippen molar-refractivity contribution in [1.29, 1.82) is 0 Å². The Morgan fingerprint density at radius 2 is 1.43 bits per heavy atom. The Labute approximate surface area is 178 Å². The first kappa shape index (κ1) is 18.3. The maximum Gasteiger partial charge on any atom is 0.194 e. The zero-order valence-corrected chi connectivity index (χ0v) is 16.9. The molecule has 3 nitrogen and oxygen atoms in total. The third-order valence-electron chi connectivity index (χ3n) is 5.02. The summed E-state index contributed by atoms with van der Waals surface area (Å²) in [5.74, 6) is -0.0289. The van der Waals surface area contributed by atoms with Gasteiger partial charge in [-0.25, -0.2) is 4.98 Å². The van der Waals surface area contributed by atoms with E-state index < -0.39 is 0 Å². The lowest BCUT2D eigenvalue weighted by Gasteiger charge is -2.03. The molecule has 4 heteroatoms. The average Bonchev–Trinajstić information content (AvgIpc) is 3.40. The van der Waals surface area contributed by atoms with Crippen LogP contribution in [0.3, 0.4) is 0 Å². The molecule has 30 heavy (non-hydrogen) atoms. The lowest BCUT2D eigenvalue weighted by molar-refractivity contribution is 0.104. The average molecular weight is 407 g/mol. The predicted molar refractivity (Wildman–Crippen MR) is 124 cm³/mol. The molecule has 0 saturated heterocycles. The van der Waals surface area contributed by atoms with E-state index in [9.17, 15) is 4.79 Å². The zero-order valence-electron chi connectivity index (χ0n) is 16.1. The van der Waals surface area contributed by atoms with Crippen LogP contribution in [0, 0.1) is 0 Å². The van der Waals surface area contributed by atoms with Crippen molar-refractivity contribution in [1.82, 2.24) is 9.38 Å². The molecule has 0 N–H and O–H groups in total. The van der Waals surface area contributed by atoms with Gasteiger partial charge >= 0.3 is 0 Å². The summed E-state index contributed by atoms with van der Waals surface area (Å²) in [6.45, 7) is 0. The van der Waals surface area contributed by atoms with E-state index in [0.717, 1.165) is 33.0 Å². The molecule has 0 fully saturated rings. The molecule has 0 aliphatic carbocycles. The number of carbonyl (C=O) groups excluding carboxylic acids is 1. The van der Waals surface area contributed by atoms with Gasteiger partial charge in [0.2, 0.25) is 0 Å². The topological polar surface area (TPSA) is 34.4 Å². The van der Waals surface area contributed by atoms with E-state index in [1.165, 1.54) is 0 Å². The third-order valence-corrected chi connectivity index (χ3v) is 5.77. The standard InChI is InChI=1S/C26H18N2OS/c29-24(21-13-11-20(12-14-21)19-7-3-1-4-8-19)16-15-23-25(22-9-5-2-6-10-22)27-26-28(23)17-18-30-26/h1-18H/b16-15+. The molecule has 2 heterocycles. The second kappa shape index (κ2) is 7.93. The molecular formula is C26H18N2OS. The smallest absolute Gasteiger partial charge is 0.194 e. The summed E-state index contributed by atoms with van der Waals surface area (Å²) in [6.07, 6.45) is 5.48. The van der Waals surface area contributed by atoms with Crippen LogP contribution >= 0.6 is 11.3 Å². The van der Waals surface area contributed by atoms with Gasteiger partial charge in [0.05, 0.1) is 11.4 Å². The largest absolute Gasteiger partial charge is 0.290 e. The SMILES string of the molecule is O=C(/C=C/c1c(-c2ccccc2)nc2sccn12)c1ccc(-c2ccccc2)cc1. The van der Waals surface area contributed by atoms with E-state index in [0.29, 0.717) is 5.56 Å². The first-order chi connectivity index (χ1) is 14.8. The molecule has 0 saturated carbocycles. The molecule has 5 aromatic rings. The third kappa shape index (κ3) is 3.49. The molecule has 144 valence electrons. The number of hydrogen-bond donors (Lipinski definition) is 0. The molecule has 0 unspecified atom stereocenters. The number of allylic oxidation sites excluding steroid dienone is 1. The van der Waals surface area contributed by atoms with E-state index in [-0.39, 0.29) is 5.78 Å². The highest BCUT2D eigenvalue weighted by Crippen LogP contribution is 2.28. The number of nitrogens with zero attached hydrogens (tertiary/aromatic N) is 2. The summed E-state index contributed by atoms with van der Waals surface area (Å²) in [5.41, 5.74) is 5.72. The van der Waals surface area contributed by atoms with Gasteiger partial charge < -0.3 is 0 Å². The monoisotopic (exact) mass is 406 g/mol. The van der Waals surface area contributed by atoms with Crippen LogP contribution in [-0.2, 0) is 0 Å². The highest BCUT2D eigenvalue weighted by Gasteiger charge is 2.13. The van der Waals surface area contributed by atoms with E-state index >= 15 is 0 Å². The number of benzene rings is 3. The summed E-state index contributed by atoms with van der Waals surface area (Å²) in [7, 11) is 0. The Morgan fingerprint density at radius 1 is 0.800 bits per heavy atom. The van der Waals surface area contributed by atoms with Crippen molar-refractivity contribution in [3.05, 3.63) is 114 Å². The van der Waals surface area contributed by atoms with Gasteiger partial charge in [0.25, 0.3) is 0 Å². The van der Waals surface area contributed by atoms with Gasteiger partial charge in [-0.3, -0.25) is 9.20 Å². The molecule has 0 aliphatic rings. The van der Waals surface area contributed by atoms with Crippen LogP contribution in [0.15, 0.2) is 103 Å². The van der Waals surface area contributed by atoms with Gasteiger partial charge in [0.15, 0.2) is 10.7 Å². The number of carbonyl (C=O) groups is 1. The van der Waals surface area contributed by atoms with Crippen LogP contribution in [0.25, 0.3) is 33.4 Å². The van der Waals surface area contributed by atoms with Crippen LogP contribution in [0.5, 0.6) is 0 Å². The van der Waals surface area contributed by atoms with Crippen molar-refractivity contribution < 1.29 is 4.79 Å². The minimum absolute atomic E-state index is 0.0289. The molecular weight excluding hydrogens is 388 g/mol. The Kier molecular flexibility index (Phi) is 4.83. The molecule has 5 rings (SSSR count). The van der Waals surface area contributed by atoms with Crippen molar-refractivity contribution in [3.8, 4) is 22.4 Å². The van der Waals surface area contributed by atoms with Crippen LogP contribution in [-0.4, -0.2) is 15.2 Å². The Morgan fingerprint density at radius 3 is 2.13 bits per heavy atom. The Bertz CT molecular complexity index is 1330. The number of fused-ring (bicyclic) bond motifs is 1. The van der Waals surface area contributed by atoms with E-state index in [2.05, 4.69) is 12.1 Å². The summed E-state index contributed by atoms with van der Waals surface area (Å²) in [6, 6.07) is 27.9. The first-order valence-corrected chi connectivity index (χ1v) is 10.6. The predicted octanol–water partition coefficient (Wildman–Crippen LogP) is 6.63. The maximum atomic E-state index is 12.8. The molecule has 0 spiro atoms. The highest BCUT2D eigenvalue weighted by molar-refractivity contribution is 7.15. The minimum atomic E-state index is -0.0289. The number of thiazole rings is 1. The number of imidazole rings is 1. The molecule has 0 bridgehead atoms. The summed E-state index contributed by atoms with van der Waals surface area (Å²) in [4.78, 5) is 18.5. The molecule has 3 aromatic carbocycles. The fourth-order valence-electron chi connectivity index (χ4n) is 3.48. The molecule has 0 radical (unpaired) electrons. The van der Waals surface area contributed by atoms with Gasteiger partial charge in [-0.05, 0) is 23.3 Å². The second-order valence-corrected chi connectivity index (χ2v) is 7.78. The van der Waals surface area contributed by atoms with Crippen molar-refractivity contribution >= 4 is 28.2 Å². The van der Waals surface area contributed by atoms with Crippen molar-refractivity contribution in [2.75, 3.05) is 0 Å². The molecule has 2 aromatic heterocycles.